The van der Waals surface area contributed by atoms with E-state index in [0.29, 0.717) is 17.0 Å². The van der Waals surface area contributed by atoms with Crippen LogP contribution in [-0.4, -0.2) is 36.9 Å². The third-order valence-corrected chi connectivity index (χ3v) is 6.32. The summed E-state index contributed by atoms with van der Waals surface area (Å²) in [6.45, 7) is 0.127. The van der Waals surface area contributed by atoms with Crippen molar-refractivity contribution in [3.05, 3.63) is 77.2 Å². The minimum Gasteiger partial charge on any atom is -0.326 e. The fraction of sp³-hybridized carbons (Fsp3) is 0.136. The van der Waals surface area contributed by atoms with Gasteiger partial charge in [0, 0.05) is 18.7 Å². The zero-order valence-electron chi connectivity index (χ0n) is 16.9. The predicted octanol–water partition coefficient (Wildman–Crippen LogP) is 3.35. The number of rotatable bonds is 8. The summed E-state index contributed by atoms with van der Waals surface area (Å²) < 4.78 is 22.5. The first-order valence-electron chi connectivity index (χ1n) is 9.64. The molecule has 3 rings (SSSR count). The van der Waals surface area contributed by atoms with Crippen LogP contribution < -0.4 is 10.5 Å². The SMILES string of the molecule is NS(=O)(=O)c1ccc(NC(=O)CCCN2C(=O)S/C(=C\C=C\c3ccccc3)C2=O)cc1. The Hall–Kier alpha value is -3.21. The summed E-state index contributed by atoms with van der Waals surface area (Å²) >= 11 is 0.869. The molecule has 3 N–H and O–H groups in total. The largest absolute Gasteiger partial charge is 0.326 e. The number of sulfonamides is 1. The zero-order valence-corrected chi connectivity index (χ0v) is 18.6. The predicted molar refractivity (Wildman–Crippen MR) is 124 cm³/mol. The van der Waals surface area contributed by atoms with Crippen LogP contribution in [0.1, 0.15) is 18.4 Å². The van der Waals surface area contributed by atoms with Gasteiger partial charge in [0.15, 0.2) is 0 Å². The maximum absolute atomic E-state index is 12.5. The van der Waals surface area contributed by atoms with E-state index in [4.69, 9.17) is 5.14 Å². The molecule has 3 amide bonds. The maximum Gasteiger partial charge on any atom is 0.293 e. The fourth-order valence-electron chi connectivity index (χ4n) is 2.87. The molecule has 1 heterocycles. The van der Waals surface area contributed by atoms with Gasteiger partial charge in [-0.05, 0) is 54.1 Å². The number of imide groups is 1. The van der Waals surface area contributed by atoms with Gasteiger partial charge in [0.1, 0.15) is 0 Å². The van der Waals surface area contributed by atoms with Crippen molar-refractivity contribution in [2.45, 2.75) is 17.7 Å². The lowest BCUT2D eigenvalue weighted by molar-refractivity contribution is -0.123. The summed E-state index contributed by atoms with van der Waals surface area (Å²) in [7, 11) is -3.80. The van der Waals surface area contributed by atoms with Crippen molar-refractivity contribution >= 4 is 50.6 Å². The topological polar surface area (TPSA) is 127 Å². The number of thioether (sulfide) groups is 1. The lowest BCUT2D eigenvalue weighted by atomic mass is 10.2. The number of anilines is 1. The highest BCUT2D eigenvalue weighted by Gasteiger charge is 2.34. The molecule has 1 saturated heterocycles. The third kappa shape index (κ3) is 6.39. The van der Waals surface area contributed by atoms with Gasteiger partial charge in [-0.2, -0.15) is 0 Å². The molecular formula is C22H21N3O5S2. The Balaban J connectivity index is 1.48. The Labute approximate surface area is 190 Å². The van der Waals surface area contributed by atoms with Crippen molar-refractivity contribution in [1.82, 2.24) is 4.90 Å². The lowest BCUT2D eigenvalue weighted by Crippen LogP contribution is -2.29. The van der Waals surface area contributed by atoms with E-state index < -0.39 is 10.0 Å². The van der Waals surface area contributed by atoms with Gasteiger partial charge in [-0.25, -0.2) is 13.6 Å². The summed E-state index contributed by atoms with van der Waals surface area (Å²) in [6.07, 6.45) is 5.56. The van der Waals surface area contributed by atoms with E-state index in [2.05, 4.69) is 5.32 Å². The Bertz CT molecular complexity index is 1170. The quantitative estimate of drug-likeness (QED) is 0.569. The van der Waals surface area contributed by atoms with Crippen LogP contribution in [0.2, 0.25) is 0 Å². The molecule has 0 unspecified atom stereocenters. The number of amides is 3. The van der Waals surface area contributed by atoms with Crippen LogP contribution in [0.5, 0.6) is 0 Å². The van der Waals surface area contributed by atoms with Crippen molar-refractivity contribution < 1.29 is 22.8 Å². The average molecular weight is 472 g/mol. The van der Waals surface area contributed by atoms with Crippen LogP contribution in [0.3, 0.4) is 0 Å². The Kier molecular flexibility index (Phi) is 7.62. The first-order valence-corrected chi connectivity index (χ1v) is 12.0. The second-order valence-corrected chi connectivity index (χ2v) is 9.40. The van der Waals surface area contributed by atoms with E-state index >= 15 is 0 Å². The molecule has 8 nitrogen and oxygen atoms in total. The summed E-state index contributed by atoms with van der Waals surface area (Å²) in [5.41, 5.74) is 1.40. The smallest absolute Gasteiger partial charge is 0.293 e. The number of allylic oxidation sites excluding steroid dienone is 2. The van der Waals surface area contributed by atoms with Gasteiger partial charge in [0.25, 0.3) is 11.1 Å². The van der Waals surface area contributed by atoms with Gasteiger partial charge in [-0.3, -0.25) is 19.3 Å². The highest BCUT2D eigenvalue weighted by Crippen LogP contribution is 2.30. The van der Waals surface area contributed by atoms with Crippen molar-refractivity contribution in [1.29, 1.82) is 0 Å². The highest BCUT2D eigenvalue weighted by atomic mass is 32.2. The van der Waals surface area contributed by atoms with Gasteiger partial charge < -0.3 is 5.32 Å². The highest BCUT2D eigenvalue weighted by molar-refractivity contribution is 8.18. The fourth-order valence-corrected chi connectivity index (χ4v) is 4.20. The number of hydrogen-bond donors (Lipinski definition) is 2. The van der Waals surface area contributed by atoms with Crippen molar-refractivity contribution in [2.24, 2.45) is 5.14 Å². The second-order valence-electron chi connectivity index (χ2n) is 6.85. The zero-order chi connectivity index (χ0) is 23.1. The summed E-state index contributed by atoms with van der Waals surface area (Å²) in [5.74, 6) is -0.696. The molecule has 2 aromatic carbocycles. The molecule has 0 atom stereocenters. The monoisotopic (exact) mass is 471 g/mol. The van der Waals surface area contributed by atoms with Crippen LogP contribution in [0.25, 0.3) is 6.08 Å². The molecule has 10 heteroatoms. The summed E-state index contributed by atoms with van der Waals surface area (Å²) in [5, 5.41) is 7.30. The number of carbonyl (C=O) groups excluding carboxylic acids is 3. The molecule has 0 aliphatic carbocycles. The number of nitrogens with one attached hydrogen (secondary N) is 1. The molecule has 0 aromatic heterocycles. The molecule has 0 saturated carbocycles. The molecule has 32 heavy (non-hydrogen) atoms. The van der Waals surface area contributed by atoms with E-state index in [1.54, 1.807) is 12.2 Å². The number of primary sulfonamides is 1. The molecule has 1 aliphatic heterocycles. The molecule has 166 valence electrons. The molecule has 0 bridgehead atoms. The van der Waals surface area contributed by atoms with E-state index in [0.717, 1.165) is 22.2 Å². The number of benzene rings is 2. The van der Waals surface area contributed by atoms with E-state index in [1.807, 2.05) is 36.4 Å². The first-order chi connectivity index (χ1) is 15.2. The van der Waals surface area contributed by atoms with E-state index in [9.17, 15) is 22.8 Å². The molecule has 0 radical (unpaired) electrons. The minimum atomic E-state index is -3.80. The second kappa shape index (κ2) is 10.4. The number of nitrogens with zero attached hydrogens (tertiary/aromatic N) is 1. The molecule has 1 aliphatic rings. The number of carbonyl (C=O) groups is 3. The number of nitrogens with two attached hydrogens (primary N) is 1. The molecular weight excluding hydrogens is 450 g/mol. The van der Waals surface area contributed by atoms with Gasteiger partial charge in [-0.15, -0.1) is 0 Å². The van der Waals surface area contributed by atoms with E-state index in [-0.39, 0.29) is 34.9 Å². The lowest BCUT2D eigenvalue weighted by Gasteiger charge is -2.12. The third-order valence-electron chi connectivity index (χ3n) is 4.46. The molecule has 1 fully saturated rings. The minimum absolute atomic E-state index is 0.0541. The van der Waals surface area contributed by atoms with Crippen molar-refractivity contribution in [3.63, 3.8) is 0 Å². The Morgan fingerprint density at radius 1 is 1.06 bits per heavy atom. The van der Waals surface area contributed by atoms with Crippen LogP contribution in [0, 0.1) is 0 Å². The standard InChI is InChI=1S/C22H21N3O5S2/c23-32(29,30)18-13-11-17(12-14-18)24-20(26)10-5-15-25-21(27)19(31-22(25)28)9-4-8-16-6-2-1-3-7-16/h1-4,6-9,11-14H,5,10,15H2,(H,24,26)(H2,23,29,30)/b8-4+,19-9-. The van der Waals surface area contributed by atoms with E-state index in [1.165, 1.54) is 24.3 Å². The van der Waals surface area contributed by atoms with Crippen LogP contribution >= 0.6 is 11.8 Å². The van der Waals surface area contributed by atoms with Crippen molar-refractivity contribution in [2.75, 3.05) is 11.9 Å². The van der Waals surface area contributed by atoms with Gasteiger partial charge >= 0.3 is 0 Å². The van der Waals surface area contributed by atoms with Crippen LogP contribution in [-0.2, 0) is 19.6 Å². The maximum atomic E-state index is 12.5. The normalized spacial score (nSPS) is 15.7. The van der Waals surface area contributed by atoms with Gasteiger partial charge in [-0.1, -0.05) is 42.5 Å². The summed E-state index contributed by atoms with van der Waals surface area (Å²) in [6, 6.07) is 15.0. The average Bonchev–Trinajstić information content (AvgIpc) is 3.02. The van der Waals surface area contributed by atoms with Crippen LogP contribution in [0.4, 0.5) is 10.5 Å². The Morgan fingerprint density at radius 3 is 2.41 bits per heavy atom. The Morgan fingerprint density at radius 2 is 1.75 bits per heavy atom. The summed E-state index contributed by atoms with van der Waals surface area (Å²) in [4.78, 5) is 38.1. The van der Waals surface area contributed by atoms with Gasteiger partial charge in [0.05, 0.1) is 9.80 Å². The molecule has 2 aromatic rings. The van der Waals surface area contributed by atoms with Crippen molar-refractivity contribution in [3.8, 4) is 0 Å². The number of hydrogen-bond acceptors (Lipinski definition) is 6. The first kappa shape index (κ1) is 23.5. The van der Waals surface area contributed by atoms with Crippen LogP contribution in [0.15, 0.2) is 76.5 Å². The molecule has 0 spiro atoms. The van der Waals surface area contributed by atoms with Gasteiger partial charge in [0.2, 0.25) is 15.9 Å².